The molecule has 0 radical (unpaired) electrons. The van der Waals surface area contributed by atoms with Crippen LogP contribution in [0, 0.1) is 6.92 Å². The second kappa shape index (κ2) is 7.81. The number of nitrogens with zero attached hydrogens (tertiary/aromatic N) is 3. The van der Waals surface area contributed by atoms with Gasteiger partial charge in [0.15, 0.2) is 11.5 Å². The Morgan fingerprint density at radius 2 is 1.62 bits per heavy atom. The van der Waals surface area contributed by atoms with Crippen LogP contribution in [0.1, 0.15) is 16.1 Å². The molecule has 1 saturated heterocycles. The highest BCUT2D eigenvalue weighted by molar-refractivity contribution is 7.89. The van der Waals surface area contributed by atoms with E-state index < -0.39 is 10.0 Å². The fourth-order valence-corrected chi connectivity index (χ4v) is 4.69. The summed E-state index contributed by atoms with van der Waals surface area (Å²) in [4.78, 5) is 14.6. The number of amides is 1. The van der Waals surface area contributed by atoms with E-state index in [1.54, 1.807) is 35.2 Å². The van der Waals surface area contributed by atoms with Crippen LogP contribution in [-0.2, 0) is 10.0 Å². The molecule has 0 saturated carbocycles. The van der Waals surface area contributed by atoms with E-state index in [1.165, 1.54) is 4.31 Å². The Morgan fingerprint density at radius 1 is 0.966 bits per heavy atom. The normalized spacial score (nSPS) is 15.4. The van der Waals surface area contributed by atoms with Crippen molar-refractivity contribution in [2.45, 2.75) is 11.8 Å². The maximum Gasteiger partial charge on any atom is 0.276 e. The van der Waals surface area contributed by atoms with Gasteiger partial charge in [0, 0.05) is 37.8 Å². The van der Waals surface area contributed by atoms with Crippen molar-refractivity contribution < 1.29 is 17.7 Å². The van der Waals surface area contributed by atoms with Gasteiger partial charge in [-0.3, -0.25) is 4.79 Å². The topological polar surface area (TPSA) is 83.7 Å². The van der Waals surface area contributed by atoms with Gasteiger partial charge < -0.3 is 9.42 Å². The lowest BCUT2D eigenvalue weighted by Gasteiger charge is -2.33. The maximum atomic E-state index is 12.8. The molecule has 0 atom stereocenters. The van der Waals surface area contributed by atoms with Crippen LogP contribution in [0.25, 0.3) is 11.3 Å². The number of sulfonamides is 1. The lowest BCUT2D eigenvalue weighted by atomic mass is 10.1. The van der Waals surface area contributed by atoms with E-state index >= 15 is 0 Å². The molecule has 0 bridgehead atoms. The van der Waals surface area contributed by atoms with Crippen LogP contribution in [0.3, 0.4) is 0 Å². The van der Waals surface area contributed by atoms with Crippen molar-refractivity contribution >= 4 is 15.9 Å². The monoisotopic (exact) mass is 411 g/mol. The molecule has 2 heterocycles. The summed E-state index contributed by atoms with van der Waals surface area (Å²) in [6.45, 7) is 3.00. The zero-order chi connectivity index (χ0) is 20.4. The van der Waals surface area contributed by atoms with Crippen molar-refractivity contribution in [3.05, 3.63) is 71.9 Å². The average Bonchev–Trinajstić information content (AvgIpc) is 3.24. The van der Waals surface area contributed by atoms with E-state index in [0.717, 1.165) is 11.1 Å². The second-order valence-electron chi connectivity index (χ2n) is 6.95. The predicted octanol–water partition coefficient (Wildman–Crippen LogP) is 2.80. The van der Waals surface area contributed by atoms with Gasteiger partial charge in [-0.1, -0.05) is 53.2 Å². The van der Waals surface area contributed by atoms with Crippen LogP contribution in [0.4, 0.5) is 0 Å². The Hall–Kier alpha value is -2.97. The van der Waals surface area contributed by atoms with Crippen molar-refractivity contribution in [2.24, 2.45) is 0 Å². The van der Waals surface area contributed by atoms with E-state index in [4.69, 9.17) is 4.52 Å². The van der Waals surface area contributed by atoms with Gasteiger partial charge in [-0.25, -0.2) is 8.42 Å². The molecule has 0 spiro atoms. The molecule has 0 unspecified atom stereocenters. The number of aryl methyl sites for hydroxylation is 1. The summed E-state index contributed by atoms with van der Waals surface area (Å²) in [7, 11) is -3.56. The smallest absolute Gasteiger partial charge is 0.276 e. The molecule has 1 aliphatic heterocycles. The Labute approximate surface area is 169 Å². The van der Waals surface area contributed by atoms with Crippen LogP contribution in [0.5, 0.6) is 0 Å². The number of carbonyl (C=O) groups excluding carboxylic acids is 1. The summed E-state index contributed by atoms with van der Waals surface area (Å²) >= 11 is 0. The fourth-order valence-electron chi connectivity index (χ4n) is 3.27. The third-order valence-electron chi connectivity index (χ3n) is 4.97. The lowest BCUT2D eigenvalue weighted by Crippen LogP contribution is -2.50. The molecular formula is C21H21N3O4S. The number of rotatable bonds is 4. The van der Waals surface area contributed by atoms with Gasteiger partial charge in [-0.05, 0) is 19.1 Å². The van der Waals surface area contributed by atoms with Gasteiger partial charge in [0.2, 0.25) is 10.0 Å². The summed E-state index contributed by atoms with van der Waals surface area (Å²) in [5.74, 6) is 0.262. The Morgan fingerprint density at radius 3 is 2.28 bits per heavy atom. The number of piperazine rings is 1. The molecule has 4 rings (SSSR count). The van der Waals surface area contributed by atoms with Crippen LogP contribution >= 0.6 is 0 Å². The summed E-state index contributed by atoms with van der Waals surface area (Å²) in [6, 6.07) is 17.8. The van der Waals surface area contributed by atoms with E-state index in [1.807, 2.05) is 37.3 Å². The first kappa shape index (κ1) is 19.4. The fraction of sp³-hybridized carbons (Fsp3) is 0.238. The first-order chi connectivity index (χ1) is 13.9. The molecule has 1 amide bonds. The summed E-state index contributed by atoms with van der Waals surface area (Å²) in [6.07, 6.45) is 0. The van der Waals surface area contributed by atoms with E-state index in [9.17, 15) is 13.2 Å². The Balaban J connectivity index is 1.42. The molecule has 1 aromatic heterocycles. The van der Waals surface area contributed by atoms with Crippen molar-refractivity contribution in [1.82, 2.24) is 14.4 Å². The van der Waals surface area contributed by atoms with Gasteiger partial charge in [-0.15, -0.1) is 0 Å². The molecule has 1 aliphatic rings. The van der Waals surface area contributed by atoms with Crippen LogP contribution in [0.15, 0.2) is 70.1 Å². The van der Waals surface area contributed by atoms with Crippen LogP contribution in [-0.4, -0.2) is 54.9 Å². The molecule has 1 fully saturated rings. The van der Waals surface area contributed by atoms with Gasteiger partial charge in [0.25, 0.3) is 5.91 Å². The Kier molecular flexibility index (Phi) is 5.21. The zero-order valence-corrected chi connectivity index (χ0v) is 16.8. The van der Waals surface area contributed by atoms with Crippen LogP contribution in [0.2, 0.25) is 0 Å². The standard InChI is InChI=1S/C21H21N3O4S/c1-16-7-9-18(10-8-16)29(26,27)24-13-11-23(12-14-24)21(25)19-15-20(28-22-19)17-5-3-2-4-6-17/h2-10,15H,11-14H2,1H3. The minimum absolute atomic E-state index is 0.221. The maximum absolute atomic E-state index is 12.8. The summed E-state index contributed by atoms with van der Waals surface area (Å²) < 4.78 is 32.3. The molecule has 0 N–H and O–H groups in total. The zero-order valence-electron chi connectivity index (χ0n) is 16.0. The molecule has 7 nitrogen and oxygen atoms in total. The van der Waals surface area contributed by atoms with E-state index in [2.05, 4.69) is 5.16 Å². The molecule has 150 valence electrons. The number of hydrogen-bond donors (Lipinski definition) is 0. The van der Waals surface area contributed by atoms with Gasteiger partial charge in [0.05, 0.1) is 4.90 Å². The highest BCUT2D eigenvalue weighted by Crippen LogP contribution is 2.22. The molecule has 0 aliphatic carbocycles. The molecular weight excluding hydrogens is 390 g/mol. The van der Waals surface area contributed by atoms with E-state index in [0.29, 0.717) is 18.8 Å². The summed E-state index contributed by atoms with van der Waals surface area (Å²) in [5, 5.41) is 3.89. The van der Waals surface area contributed by atoms with Crippen molar-refractivity contribution in [3.8, 4) is 11.3 Å². The highest BCUT2D eigenvalue weighted by Gasteiger charge is 2.31. The highest BCUT2D eigenvalue weighted by atomic mass is 32.2. The number of benzene rings is 2. The molecule has 8 heteroatoms. The minimum atomic E-state index is -3.56. The van der Waals surface area contributed by atoms with E-state index in [-0.39, 0.29) is 29.6 Å². The first-order valence-electron chi connectivity index (χ1n) is 9.33. The Bertz CT molecular complexity index is 1100. The van der Waals surface area contributed by atoms with Crippen LogP contribution < -0.4 is 0 Å². The largest absolute Gasteiger partial charge is 0.355 e. The first-order valence-corrected chi connectivity index (χ1v) is 10.8. The number of hydrogen-bond acceptors (Lipinski definition) is 5. The summed E-state index contributed by atoms with van der Waals surface area (Å²) in [5.41, 5.74) is 2.06. The average molecular weight is 411 g/mol. The van der Waals surface area contributed by atoms with Crippen molar-refractivity contribution in [3.63, 3.8) is 0 Å². The van der Waals surface area contributed by atoms with Crippen molar-refractivity contribution in [1.29, 1.82) is 0 Å². The minimum Gasteiger partial charge on any atom is -0.355 e. The predicted molar refractivity (Wildman–Crippen MR) is 108 cm³/mol. The number of aromatic nitrogens is 1. The quantitative estimate of drug-likeness (QED) is 0.659. The third-order valence-corrected chi connectivity index (χ3v) is 6.89. The SMILES string of the molecule is Cc1ccc(S(=O)(=O)N2CCN(C(=O)c3cc(-c4ccccc4)on3)CC2)cc1. The van der Waals surface area contributed by atoms with Crippen molar-refractivity contribution in [2.75, 3.05) is 26.2 Å². The molecule has 2 aromatic carbocycles. The van der Waals surface area contributed by atoms with Gasteiger partial charge in [-0.2, -0.15) is 4.31 Å². The molecule has 29 heavy (non-hydrogen) atoms. The second-order valence-corrected chi connectivity index (χ2v) is 8.89. The van der Waals surface area contributed by atoms with Gasteiger partial charge >= 0.3 is 0 Å². The molecule has 3 aromatic rings. The lowest BCUT2D eigenvalue weighted by molar-refractivity contribution is 0.0687. The van der Waals surface area contributed by atoms with Gasteiger partial charge in [0.1, 0.15) is 0 Å². The third kappa shape index (κ3) is 3.94. The number of carbonyl (C=O) groups is 1.